The molecule has 34 heavy (non-hydrogen) atoms. The van der Waals surface area contributed by atoms with Gasteiger partial charge in [-0.25, -0.2) is 4.79 Å². The second-order valence-corrected chi connectivity index (χ2v) is 7.81. The number of esters is 1. The first kappa shape index (κ1) is 27.1. The van der Waals surface area contributed by atoms with E-state index in [-0.39, 0.29) is 12.6 Å². The van der Waals surface area contributed by atoms with Crippen molar-refractivity contribution in [1.29, 1.82) is 0 Å². The minimum atomic E-state index is -0.369. The van der Waals surface area contributed by atoms with Crippen LogP contribution in [0.1, 0.15) is 51.4 Å². The summed E-state index contributed by atoms with van der Waals surface area (Å²) in [7, 11) is 0. The summed E-state index contributed by atoms with van der Waals surface area (Å²) in [4.78, 5) is 10.9. The SMILES string of the molecule is C=CC(=O)OCCCCCCOc1ccc(N=Nc2ccc(OCCCCCCO)cc2)cc1. The summed E-state index contributed by atoms with van der Waals surface area (Å²) in [6, 6.07) is 15.1. The molecular weight excluding hydrogens is 432 g/mol. The molecule has 0 spiro atoms. The highest BCUT2D eigenvalue weighted by Gasteiger charge is 1.99. The van der Waals surface area contributed by atoms with Crippen LogP contribution in [0.5, 0.6) is 11.5 Å². The molecule has 0 aliphatic carbocycles. The Kier molecular flexibility index (Phi) is 13.8. The Morgan fingerprint density at radius 3 is 1.59 bits per heavy atom. The largest absolute Gasteiger partial charge is 0.494 e. The summed E-state index contributed by atoms with van der Waals surface area (Å²) in [5.41, 5.74) is 1.51. The lowest BCUT2D eigenvalue weighted by molar-refractivity contribution is -0.137. The summed E-state index contributed by atoms with van der Waals surface area (Å²) >= 11 is 0. The van der Waals surface area contributed by atoms with Gasteiger partial charge in [0.2, 0.25) is 0 Å². The van der Waals surface area contributed by atoms with Crippen molar-refractivity contribution in [1.82, 2.24) is 0 Å². The van der Waals surface area contributed by atoms with Gasteiger partial charge in [0.1, 0.15) is 11.5 Å². The Labute approximate surface area is 202 Å². The Morgan fingerprint density at radius 2 is 1.15 bits per heavy atom. The predicted molar refractivity (Wildman–Crippen MR) is 133 cm³/mol. The molecule has 2 aromatic carbocycles. The van der Waals surface area contributed by atoms with Crippen LogP contribution < -0.4 is 9.47 Å². The molecule has 0 heterocycles. The average Bonchev–Trinajstić information content (AvgIpc) is 2.87. The Balaban J connectivity index is 1.61. The van der Waals surface area contributed by atoms with E-state index >= 15 is 0 Å². The van der Waals surface area contributed by atoms with E-state index in [9.17, 15) is 4.79 Å². The zero-order chi connectivity index (χ0) is 24.3. The molecule has 0 unspecified atom stereocenters. The topological polar surface area (TPSA) is 89.7 Å². The van der Waals surface area contributed by atoms with Gasteiger partial charge >= 0.3 is 5.97 Å². The third kappa shape index (κ3) is 12.2. The lowest BCUT2D eigenvalue weighted by Gasteiger charge is -2.06. The van der Waals surface area contributed by atoms with E-state index in [1.807, 2.05) is 48.5 Å². The Bertz CT molecular complexity index is 850. The van der Waals surface area contributed by atoms with E-state index in [0.29, 0.717) is 19.8 Å². The third-order valence-corrected chi connectivity index (χ3v) is 4.99. The molecule has 0 atom stereocenters. The maximum atomic E-state index is 10.9. The van der Waals surface area contributed by atoms with Crippen LogP contribution in [-0.4, -0.2) is 37.5 Å². The quantitative estimate of drug-likeness (QED) is 0.114. The normalized spacial score (nSPS) is 10.9. The number of aliphatic hydroxyl groups is 1. The van der Waals surface area contributed by atoms with E-state index in [0.717, 1.165) is 74.2 Å². The van der Waals surface area contributed by atoms with Gasteiger partial charge in [-0.1, -0.05) is 13.0 Å². The number of azo groups is 1. The Morgan fingerprint density at radius 1 is 0.706 bits per heavy atom. The molecule has 0 aliphatic rings. The maximum absolute atomic E-state index is 10.9. The van der Waals surface area contributed by atoms with E-state index in [2.05, 4.69) is 16.8 Å². The smallest absolute Gasteiger partial charge is 0.330 e. The van der Waals surface area contributed by atoms with Crippen LogP contribution in [0.3, 0.4) is 0 Å². The van der Waals surface area contributed by atoms with Gasteiger partial charge in [0.15, 0.2) is 0 Å². The average molecular weight is 469 g/mol. The van der Waals surface area contributed by atoms with E-state index < -0.39 is 0 Å². The van der Waals surface area contributed by atoms with Gasteiger partial charge in [-0.15, -0.1) is 0 Å². The molecular formula is C27H36N2O5. The number of ether oxygens (including phenoxy) is 3. The number of unbranched alkanes of at least 4 members (excludes halogenated alkanes) is 6. The molecule has 2 aromatic rings. The minimum absolute atomic E-state index is 0.259. The molecule has 0 saturated carbocycles. The van der Waals surface area contributed by atoms with Crippen LogP contribution in [-0.2, 0) is 9.53 Å². The number of carbonyl (C=O) groups excluding carboxylic acids is 1. The molecule has 0 fully saturated rings. The molecule has 0 bridgehead atoms. The summed E-state index contributed by atoms with van der Waals surface area (Å²) in [6.45, 7) is 5.38. The molecule has 0 radical (unpaired) electrons. The summed E-state index contributed by atoms with van der Waals surface area (Å²) in [5.74, 6) is 1.25. The number of hydrogen-bond acceptors (Lipinski definition) is 7. The van der Waals surface area contributed by atoms with Gasteiger partial charge in [0.05, 0.1) is 31.2 Å². The van der Waals surface area contributed by atoms with Gasteiger partial charge in [-0.2, -0.15) is 10.2 Å². The Hall–Kier alpha value is -3.19. The van der Waals surface area contributed by atoms with Gasteiger partial charge in [-0.3, -0.25) is 0 Å². The molecule has 7 heteroatoms. The second-order valence-electron chi connectivity index (χ2n) is 7.81. The summed E-state index contributed by atoms with van der Waals surface area (Å²) in [5, 5.41) is 17.3. The zero-order valence-electron chi connectivity index (χ0n) is 19.9. The first-order valence-corrected chi connectivity index (χ1v) is 12.0. The van der Waals surface area contributed by atoms with E-state index in [4.69, 9.17) is 19.3 Å². The summed E-state index contributed by atoms with van der Waals surface area (Å²) < 4.78 is 16.4. The van der Waals surface area contributed by atoms with Crippen molar-refractivity contribution in [3.8, 4) is 11.5 Å². The van der Waals surface area contributed by atoms with Crippen molar-refractivity contribution < 1.29 is 24.1 Å². The number of nitrogens with zero attached hydrogens (tertiary/aromatic N) is 2. The highest BCUT2D eigenvalue weighted by atomic mass is 16.5. The van der Waals surface area contributed by atoms with Crippen LogP contribution in [0, 0.1) is 0 Å². The maximum Gasteiger partial charge on any atom is 0.330 e. The highest BCUT2D eigenvalue weighted by molar-refractivity contribution is 5.81. The molecule has 2 rings (SSSR count). The van der Waals surface area contributed by atoms with Gasteiger partial charge in [-0.05, 0) is 93.5 Å². The number of benzene rings is 2. The van der Waals surface area contributed by atoms with E-state index in [1.165, 1.54) is 6.08 Å². The third-order valence-electron chi connectivity index (χ3n) is 4.99. The van der Waals surface area contributed by atoms with Gasteiger partial charge < -0.3 is 19.3 Å². The number of carbonyl (C=O) groups is 1. The van der Waals surface area contributed by atoms with Crippen LogP contribution in [0.25, 0.3) is 0 Å². The standard InChI is InChI=1S/C27H36N2O5/c1-2-27(31)34-22-10-6-5-9-21-33-26-17-13-24(14-18-26)29-28-23-11-15-25(16-12-23)32-20-8-4-3-7-19-30/h2,11-18,30H,1,3-10,19-22H2. The molecule has 7 nitrogen and oxygen atoms in total. The van der Waals surface area contributed by atoms with Crippen molar-refractivity contribution in [2.75, 3.05) is 26.4 Å². The monoisotopic (exact) mass is 468 g/mol. The zero-order valence-corrected chi connectivity index (χ0v) is 19.9. The molecule has 184 valence electrons. The van der Waals surface area contributed by atoms with Crippen molar-refractivity contribution >= 4 is 17.3 Å². The van der Waals surface area contributed by atoms with Crippen molar-refractivity contribution in [3.05, 3.63) is 61.2 Å². The van der Waals surface area contributed by atoms with Crippen LogP contribution in [0.15, 0.2) is 71.4 Å². The first-order valence-electron chi connectivity index (χ1n) is 12.0. The van der Waals surface area contributed by atoms with Gasteiger partial charge in [0.25, 0.3) is 0 Å². The van der Waals surface area contributed by atoms with Crippen LogP contribution in [0.2, 0.25) is 0 Å². The van der Waals surface area contributed by atoms with Gasteiger partial charge in [0, 0.05) is 12.7 Å². The lowest BCUT2D eigenvalue weighted by atomic mass is 10.2. The van der Waals surface area contributed by atoms with Crippen molar-refractivity contribution in [2.24, 2.45) is 10.2 Å². The number of rotatable bonds is 18. The fraction of sp³-hybridized carbons (Fsp3) is 0.444. The second kappa shape index (κ2) is 17.3. The van der Waals surface area contributed by atoms with Crippen LogP contribution >= 0.6 is 0 Å². The van der Waals surface area contributed by atoms with Crippen LogP contribution in [0.4, 0.5) is 11.4 Å². The molecule has 0 saturated heterocycles. The number of hydrogen-bond donors (Lipinski definition) is 1. The predicted octanol–water partition coefficient (Wildman–Crippen LogP) is 6.70. The lowest BCUT2D eigenvalue weighted by Crippen LogP contribution is -2.02. The number of aliphatic hydroxyl groups excluding tert-OH is 1. The van der Waals surface area contributed by atoms with Crippen molar-refractivity contribution in [3.63, 3.8) is 0 Å². The van der Waals surface area contributed by atoms with Crippen molar-refractivity contribution in [2.45, 2.75) is 51.4 Å². The van der Waals surface area contributed by atoms with E-state index in [1.54, 1.807) is 0 Å². The molecule has 1 N–H and O–H groups in total. The summed E-state index contributed by atoms with van der Waals surface area (Å²) in [6.07, 6.45) is 8.92. The fourth-order valence-corrected chi connectivity index (χ4v) is 3.07. The highest BCUT2D eigenvalue weighted by Crippen LogP contribution is 2.23. The molecule has 0 aliphatic heterocycles. The first-order chi connectivity index (χ1) is 16.7. The fourth-order valence-electron chi connectivity index (χ4n) is 3.07. The minimum Gasteiger partial charge on any atom is -0.494 e. The molecule has 0 aromatic heterocycles. The molecule has 0 amide bonds.